The zero-order valence-corrected chi connectivity index (χ0v) is 15.4. The van der Waals surface area contributed by atoms with Crippen LogP contribution in [0.2, 0.25) is 0 Å². The molecule has 0 unspecified atom stereocenters. The number of aliphatic carboxylic acids is 1. The van der Waals surface area contributed by atoms with Gasteiger partial charge in [-0.05, 0) is 29.8 Å². The molecule has 144 valence electrons. The summed E-state index contributed by atoms with van der Waals surface area (Å²) in [5.74, 6) is -0.368. The van der Waals surface area contributed by atoms with Gasteiger partial charge in [0, 0.05) is 12.1 Å². The summed E-state index contributed by atoms with van der Waals surface area (Å²) in [7, 11) is 3.13. The molecule has 0 aliphatic rings. The fourth-order valence-corrected chi connectivity index (χ4v) is 2.68. The molecular formula is C20H24N2O5. The van der Waals surface area contributed by atoms with E-state index in [0.717, 1.165) is 5.56 Å². The number of hydrogen-bond donors (Lipinski definition) is 2. The van der Waals surface area contributed by atoms with Crippen molar-refractivity contribution in [2.75, 3.05) is 26.1 Å². The Labute approximate surface area is 158 Å². The van der Waals surface area contributed by atoms with Gasteiger partial charge in [0.05, 0.1) is 33.2 Å². The number of nitrogens with two attached hydrogens (primary N) is 1. The molecule has 2 aromatic rings. The smallest absolute Gasteiger partial charge is 0.230 e. The first kappa shape index (κ1) is 20.3. The predicted octanol–water partition coefficient (Wildman–Crippen LogP) is -0.0430. The van der Waals surface area contributed by atoms with Crippen LogP contribution in [0.5, 0.6) is 11.5 Å². The topological polar surface area (TPSA) is 104 Å². The molecular weight excluding hydrogens is 348 g/mol. The first-order valence-electron chi connectivity index (χ1n) is 8.63. The van der Waals surface area contributed by atoms with Crippen molar-refractivity contribution >= 4 is 17.6 Å². The predicted molar refractivity (Wildman–Crippen MR) is 98.5 cm³/mol. The van der Waals surface area contributed by atoms with Crippen molar-refractivity contribution in [3.05, 3.63) is 54.1 Å². The van der Waals surface area contributed by atoms with Crippen molar-refractivity contribution in [2.45, 2.75) is 18.9 Å². The van der Waals surface area contributed by atoms with Crippen LogP contribution in [0.3, 0.4) is 0 Å². The Morgan fingerprint density at radius 2 is 1.78 bits per heavy atom. The molecule has 0 spiro atoms. The van der Waals surface area contributed by atoms with E-state index in [4.69, 9.17) is 9.47 Å². The standard InChI is InChI=1S/C20H24N2O5/c1-26-17-9-8-14(12-18(17)27-2)10-11-21-16(20(24)25)13-19(23)22-15-6-4-3-5-7-15/h3-9,12,16,21H,10-11,13H2,1-2H3,(H,22,23)(H,24,25)/t16-/m0/s1. The number of rotatable bonds is 10. The van der Waals surface area contributed by atoms with Gasteiger partial charge in [-0.15, -0.1) is 0 Å². The third kappa shape index (κ3) is 6.31. The minimum Gasteiger partial charge on any atom is -0.544 e. The molecule has 7 nitrogen and oxygen atoms in total. The van der Waals surface area contributed by atoms with Crippen LogP contribution in [0.15, 0.2) is 48.5 Å². The number of amides is 1. The molecule has 2 aromatic carbocycles. The molecule has 0 heterocycles. The highest BCUT2D eigenvalue weighted by Crippen LogP contribution is 2.27. The first-order chi connectivity index (χ1) is 13.0. The molecule has 0 fully saturated rings. The molecule has 27 heavy (non-hydrogen) atoms. The largest absolute Gasteiger partial charge is 0.544 e. The van der Waals surface area contributed by atoms with E-state index in [1.807, 2.05) is 18.2 Å². The number of para-hydroxylation sites is 1. The van der Waals surface area contributed by atoms with Crippen LogP contribution in [-0.4, -0.2) is 38.7 Å². The summed E-state index contributed by atoms with van der Waals surface area (Å²) >= 11 is 0. The van der Waals surface area contributed by atoms with Crippen molar-refractivity contribution in [3.63, 3.8) is 0 Å². The van der Waals surface area contributed by atoms with Gasteiger partial charge >= 0.3 is 0 Å². The van der Waals surface area contributed by atoms with Crippen LogP contribution < -0.4 is 25.2 Å². The lowest BCUT2D eigenvalue weighted by Crippen LogP contribution is -2.93. The number of anilines is 1. The highest BCUT2D eigenvalue weighted by Gasteiger charge is 2.18. The van der Waals surface area contributed by atoms with E-state index in [2.05, 4.69) is 5.32 Å². The van der Waals surface area contributed by atoms with Crippen LogP contribution in [-0.2, 0) is 16.0 Å². The Morgan fingerprint density at radius 1 is 1.07 bits per heavy atom. The van der Waals surface area contributed by atoms with Gasteiger partial charge in [0.25, 0.3) is 0 Å². The zero-order chi connectivity index (χ0) is 19.6. The van der Waals surface area contributed by atoms with E-state index < -0.39 is 12.0 Å². The summed E-state index contributed by atoms with van der Waals surface area (Å²) in [5.41, 5.74) is 1.61. The number of carbonyl (C=O) groups is 2. The SMILES string of the molecule is COc1ccc(CC[NH2+][C@@H](CC(=O)Nc2ccccc2)C(=O)[O-])cc1OC. The van der Waals surface area contributed by atoms with Crippen LogP contribution in [0.4, 0.5) is 5.69 Å². The van der Waals surface area contributed by atoms with Crippen molar-refractivity contribution in [2.24, 2.45) is 0 Å². The molecule has 0 radical (unpaired) electrons. The highest BCUT2D eigenvalue weighted by molar-refractivity contribution is 5.93. The van der Waals surface area contributed by atoms with Gasteiger partial charge in [-0.25, -0.2) is 0 Å². The second-order valence-electron chi connectivity index (χ2n) is 6.01. The van der Waals surface area contributed by atoms with E-state index >= 15 is 0 Å². The molecule has 0 saturated carbocycles. The van der Waals surface area contributed by atoms with Crippen LogP contribution >= 0.6 is 0 Å². The molecule has 3 N–H and O–H groups in total. The summed E-state index contributed by atoms with van der Waals surface area (Å²) in [5, 5.41) is 15.6. The number of methoxy groups -OCH3 is 2. The number of ether oxygens (including phenoxy) is 2. The Hall–Kier alpha value is -3.06. The molecule has 1 amide bonds. The Balaban J connectivity index is 1.87. The van der Waals surface area contributed by atoms with Crippen LogP contribution in [0.1, 0.15) is 12.0 Å². The van der Waals surface area contributed by atoms with Gasteiger partial charge in [-0.2, -0.15) is 0 Å². The quantitative estimate of drug-likeness (QED) is 0.609. The number of carbonyl (C=O) groups excluding carboxylic acids is 2. The van der Waals surface area contributed by atoms with E-state index in [-0.39, 0.29) is 12.3 Å². The summed E-state index contributed by atoms with van der Waals surface area (Å²) in [6.45, 7) is 0.493. The molecule has 1 atom stereocenters. The molecule has 2 rings (SSSR count). The van der Waals surface area contributed by atoms with Gasteiger partial charge < -0.3 is 30.0 Å². The summed E-state index contributed by atoms with van der Waals surface area (Å²) < 4.78 is 10.5. The van der Waals surface area contributed by atoms with Crippen molar-refractivity contribution in [1.29, 1.82) is 0 Å². The average Bonchev–Trinajstić information content (AvgIpc) is 2.67. The van der Waals surface area contributed by atoms with E-state index in [9.17, 15) is 14.7 Å². The maximum absolute atomic E-state index is 12.1. The number of benzene rings is 2. The molecule has 0 saturated heterocycles. The minimum absolute atomic E-state index is 0.164. The maximum atomic E-state index is 12.1. The van der Waals surface area contributed by atoms with Crippen molar-refractivity contribution in [3.8, 4) is 11.5 Å². The van der Waals surface area contributed by atoms with Crippen molar-refractivity contribution < 1.29 is 29.5 Å². The molecule has 7 heteroatoms. The van der Waals surface area contributed by atoms with Gasteiger partial charge in [0.1, 0.15) is 6.04 Å². The van der Waals surface area contributed by atoms with Gasteiger partial charge in [0.2, 0.25) is 5.91 Å². The lowest BCUT2D eigenvalue weighted by molar-refractivity contribution is -0.682. The fourth-order valence-electron chi connectivity index (χ4n) is 2.68. The van der Waals surface area contributed by atoms with Gasteiger partial charge in [-0.1, -0.05) is 24.3 Å². The fraction of sp³-hybridized carbons (Fsp3) is 0.300. The summed E-state index contributed by atoms with van der Waals surface area (Å²) in [4.78, 5) is 23.4. The number of carboxylic acid groups (broad SMARTS) is 1. The molecule has 0 aliphatic heterocycles. The zero-order valence-electron chi connectivity index (χ0n) is 15.4. The Kier molecular flexibility index (Phi) is 7.63. The summed E-state index contributed by atoms with van der Waals surface area (Å²) in [6, 6.07) is 13.5. The highest BCUT2D eigenvalue weighted by atomic mass is 16.5. The normalized spacial score (nSPS) is 11.5. The van der Waals surface area contributed by atoms with Gasteiger partial charge in [0.15, 0.2) is 11.5 Å². The second kappa shape index (κ2) is 10.2. The number of hydrogen-bond acceptors (Lipinski definition) is 5. The Bertz CT molecular complexity index is 764. The lowest BCUT2D eigenvalue weighted by atomic mass is 10.1. The lowest BCUT2D eigenvalue weighted by Gasteiger charge is -2.16. The molecule has 0 aromatic heterocycles. The number of nitrogens with one attached hydrogen (secondary N) is 1. The molecule has 0 aliphatic carbocycles. The third-order valence-corrected chi connectivity index (χ3v) is 4.10. The van der Waals surface area contributed by atoms with E-state index in [1.54, 1.807) is 49.9 Å². The van der Waals surface area contributed by atoms with Crippen molar-refractivity contribution in [1.82, 2.24) is 0 Å². The molecule has 0 bridgehead atoms. The third-order valence-electron chi connectivity index (χ3n) is 4.10. The maximum Gasteiger partial charge on any atom is 0.230 e. The van der Waals surface area contributed by atoms with E-state index in [1.165, 1.54) is 0 Å². The number of carboxylic acids is 1. The van der Waals surface area contributed by atoms with Crippen LogP contribution in [0, 0.1) is 0 Å². The average molecular weight is 372 g/mol. The second-order valence-corrected chi connectivity index (χ2v) is 6.01. The monoisotopic (exact) mass is 372 g/mol. The number of quaternary nitrogens is 1. The first-order valence-corrected chi connectivity index (χ1v) is 8.63. The minimum atomic E-state index is -1.26. The Morgan fingerprint density at radius 3 is 2.41 bits per heavy atom. The van der Waals surface area contributed by atoms with E-state index in [0.29, 0.717) is 30.2 Å². The summed E-state index contributed by atoms with van der Waals surface area (Å²) in [6.07, 6.45) is 0.452. The van der Waals surface area contributed by atoms with Crippen LogP contribution in [0.25, 0.3) is 0 Å². The van der Waals surface area contributed by atoms with Gasteiger partial charge in [-0.3, -0.25) is 4.79 Å².